The molecule has 1 aliphatic heterocycles. The van der Waals surface area contributed by atoms with Crippen LogP contribution < -0.4 is 0 Å². The van der Waals surface area contributed by atoms with Gasteiger partial charge in [-0.25, -0.2) is 4.98 Å². The van der Waals surface area contributed by atoms with Crippen molar-refractivity contribution in [1.82, 2.24) is 27.9 Å². The number of aryl methyl sites for hydroxylation is 2. The maximum atomic E-state index is 12.6. The highest BCUT2D eigenvalue weighted by Crippen LogP contribution is 2.35. The molecule has 0 spiro atoms. The van der Waals surface area contributed by atoms with Crippen molar-refractivity contribution in [3.8, 4) is 11.5 Å². The van der Waals surface area contributed by atoms with Gasteiger partial charge in [-0.3, -0.25) is 4.68 Å². The molecular formula is C18H28N6O2S. The fraction of sp³-hybridized carbons (Fsp3) is 0.667. The molecule has 1 saturated carbocycles. The van der Waals surface area contributed by atoms with E-state index >= 15 is 0 Å². The van der Waals surface area contributed by atoms with Gasteiger partial charge in [0, 0.05) is 69.8 Å². The maximum absolute atomic E-state index is 12.6. The largest absolute Gasteiger partial charge is 0.327 e. The van der Waals surface area contributed by atoms with Crippen molar-refractivity contribution in [2.45, 2.75) is 52.7 Å². The van der Waals surface area contributed by atoms with E-state index in [1.165, 1.54) is 17.1 Å². The molecule has 3 heterocycles. The number of aromatic nitrogens is 4. The van der Waals surface area contributed by atoms with E-state index in [2.05, 4.69) is 23.4 Å². The van der Waals surface area contributed by atoms with Gasteiger partial charge in [0.25, 0.3) is 10.2 Å². The Labute approximate surface area is 161 Å². The SMILES string of the molecule is CCn1nc(-c2ncc(C)n2CC2CC2)c2c1CCN(S(=O)(=O)N(C)C)C2. The lowest BCUT2D eigenvalue weighted by molar-refractivity contribution is 0.354. The van der Waals surface area contributed by atoms with Gasteiger partial charge in [-0.15, -0.1) is 0 Å². The molecule has 0 unspecified atom stereocenters. The molecule has 0 amide bonds. The summed E-state index contributed by atoms with van der Waals surface area (Å²) in [4.78, 5) is 4.65. The zero-order valence-corrected chi connectivity index (χ0v) is 17.3. The highest BCUT2D eigenvalue weighted by Gasteiger charge is 2.34. The van der Waals surface area contributed by atoms with Crippen molar-refractivity contribution in [3.63, 3.8) is 0 Å². The molecular weight excluding hydrogens is 364 g/mol. The van der Waals surface area contributed by atoms with Crippen LogP contribution in [0.2, 0.25) is 0 Å². The van der Waals surface area contributed by atoms with Gasteiger partial charge in [0.05, 0.1) is 0 Å². The fourth-order valence-corrected chi connectivity index (χ4v) is 4.85. The van der Waals surface area contributed by atoms with Crippen LogP contribution in [-0.4, -0.2) is 57.0 Å². The van der Waals surface area contributed by atoms with Crippen LogP contribution in [0.15, 0.2) is 6.20 Å². The number of rotatable bonds is 6. The van der Waals surface area contributed by atoms with Gasteiger partial charge in [0.1, 0.15) is 5.69 Å². The number of nitrogens with zero attached hydrogens (tertiary/aromatic N) is 6. The summed E-state index contributed by atoms with van der Waals surface area (Å²) in [6.45, 7) is 6.71. The normalized spacial score (nSPS) is 18.3. The summed E-state index contributed by atoms with van der Waals surface area (Å²) in [5.41, 5.74) is 4.09. The molecule has 148 valence electrons. The molecule has 4 rings (SSSR count). The van der Waals surface area contributed by atoms with Crippen LogP contribution in [0.3, 0.4) is 0 Å². The summed E-state index contributed by atoms with van der Waals surface area (Å²) in [7, 11) is -0.298. The summed E-state index contributed by atoms with van der Waals surface area (Å²) in [5, 5.41) is 4.84. The Hall–Kier alpha value is -1.71. The molecule has 0 bridgehead atoms. The van der Waals surface area contributed by atoms with Crippen molar-refractivity contribution in [1.29, 1.82) is 0 Å². The van der Waals surface area contributed by atoms with Gasteiger partial charge in [0.2, 0.25) is 0 Å². The highest BCUT2D eigenvalue weighted by molar-refractivity contribution is 7.86. The lowest BCUT2D eigenvalue weighted by atomic mass is 10.1. The summed E-state index contributed by atoms with van der Waals surface area (Å²) in [5.74, 6) is 1.60. The van der Waals surface area contributed by atoms with Crippen LogP contribution in [0.25, 0.3) is 11.5 Å². The van der Waals surface area contributed by atoms with E-state index in [9.17, 15) is 8.42 Å². The van der Waals surface area contributed by atoms with Crippen molar-refractivity contribution in [2.24, 2.45) is 5.92 Å². The zero-order valence-electron chi connectivity index (χ0n) is 16.5. The molecule has 2 aromatic heterocycles. The summed E-state index contributed by atoms with van der Waals surface area (Å²) >= 11 is 0. The Morgan fingerprint density at radius 1 is 1.30 bits per heavy atom. The minimum Gasteiger partial charge on any atom is -0.327 e. The molecule has 1 fully saturated rings. The van der Waals surface area contributed by atoms with E-state index in [0.29, 0.717) is 19.5 Å². The average molecular weight is 393 g/mol. The number of hydrogen-bond acceptors (Lipinski definition) is 4. The Kier molecular flexibility index (Phi) is 4.64. The first-order valence-corrected chi connectivity index (χ1v) is 11.0. The van der Waals surface area contributed by atoms with Crippen LogP contribution in [0.5, 0.6) is 0 Å². The first-order valence-electron chi connectivity index (χ1n) is 9.61. The Bertz CT molecular complexity index is 955. The number of fused-ring (bicyclic) bond motifs is 1. The van der Waals surface area contributed by atoms with E-state index in [0.717, 1.165) is 47.5 Å². The molecule has 1 aliphatic carbocycles. The summed E-state index contributed by atoms with van der Waals surface area (Å²) < 4.78 is 32.4. The highest BCUT2D eigenvalue weighted by atomic mass is 32.2. The van der Waals surface area contributed by atoms with Gasteiger partial charge in [0.15, 0.2) is 5.82 Å². The molecule has 2 aliphatic rings. The number of imidazole rings is 1. The second-order valence-electron chi connectivity index (χ2n) is 7.74. The third-order valence-electron chi connectivity index (χ3n) is 5.59. The van der Waals surface area contributed by atoms with E-state index in [1.807, 2.05) is 10.9 Å². The maximum Gasteiger partial charge on any atom is 0.281 e. The van der Waals surface area contributed by atoms with E-state index in [4.69, 9.17) is 5.10 Å². The smallest absolute Gasteiger partial charge is 0.281 e. The lowest BCUT2D eigenvalue weighted by Crippen LogP contribution is -2.43. The second-order valence-corrected chi connectivity index (χ2v) is 9.88. The third kappa shape index (κ3) is 3.21. The van der Waals surface area contributed by atoms with Gasteiger partial charge >= 0.3 is 0 Å². The van der Waals surface area contributed by atoms with Crippen molar-refractivity contribution in [3.05, 3.63) is 23.1 Å². The third-order valence-corrected chi connectivity index (χ3v) is 7.48. The van der Waals surface area contributed by atoms with Crippen molar-refractivity contribution >= 4 is 10.2 Å². The molecule has 0 saturated heterocycles. The molecule has 0 radical (unpaired) electrons. The van der Waals surface area contributed by atoms with E-state index < -0.39 is 10.2 Å². The van der Waals surface area contributed by atoms with Crippen LogP contribution in [-0.2, 0) is 36.3 Å². The number of hydrogen-bond donors (Lipinski definition) is 0. The van der Waals surface area contributed by atoms with Crippen molar-refractivity contribution < 1.29 is 8.42 Å². The lowest BCUT2D eigenvalue weighted by Gasteiger charge is -2.29. The van der Waals surface area contributed by atoms with Gasteiger partial charge < -0.3 is 4.57 Å². The van der Waals surface area contributed by atoms with Gasteiger partial charge in [-0.05, 0) is 32.6 Å². The topological polar surface area (TPSA) is 76.3 Å². The first kappa shape index (κ1) is 18.6. The molecule has 0 atom stereocenters. The minimum atomic E-state index is -3.45. The first-order chi connectivity index (χ1) is 12.8. The summed E-state index contributed by atoms with van der Waals surface area (Å²) in [6, 6.07) is 0. The average Bonchev–Trinajstić information content (AvgIpc) is 3.29. The van der Waals surface area contributed by atoms with E-state index in [1.54, 1.807) is 18.4 Å². The Morgan fingerprint density at radius 3 is 2.67 bits per heavy atom. The Balaban J connectivity index is 1.77. The molecule has 2 aromatic rings. The molecule has 8 nitrogen and oxygen atoms in total. The summed E-state index contributed by atoms with van der Waals surface area (Å²) in [6.07, 6.45) is 5.11. The Morgan fingerprint density at radius 2 is 2.04 bits per heavy atom. The van der Waals surface area contributed by atoms with E-state index in [-0.39, 0.29) is 0 Å². The van der Waals surface area contributed by atoms with Crippen LogP contribution in [0.4, 0.5) is 0 Å². The predicted octanol–water partition coefficient (Wildman–Crippen LogP) is 1.65. The van der Waals surface area contributed by atoms with Crippen LogP contribution >= 0.6 is 0 Å². The standard InChI is InChI=1S/C18H28N6O2S/c1-5-24-16-8-9-22(27(25,26)21(3)4)12-15(16)17(20-24)18-19-10-13(2)23(18)11-14-6-7-14/h10,14H,5-9,11-12H2,1-4H3. The van der Waals surface area contributed by atoms with Crippen LogP contribution in [0.1, 0.15) is 36.7 Å². The minimum absolute atomic E-state index is 0.348. The molecule has 27 heavy (non-hydrogen) atoms. The molecule has 0 aromatic carbocycles. The van der Waals surface area contributed by atoms with Gasteiger partial charge in [-0.2, -0.15) is 22.1 Å². The molecule has 9 heteroatoms. The second kappa shape index (κ2) is 6.72. The molecule has 0 N–H and O–H groups in total. The fourth-order valence-electron chi connectivity index (χ4n) is 3.77. The predicted molar refractivity (Wildman–Crippen MR) is 103 cm³/mol. The van der Waals surface area contributed by atoms with Crippen LogP contribution in [0, 0.1) is 12.8 Å². The van der Waals surface area contributed by atoms with Gasteiger partial charge in [-0.1, -0.05) is 0 Å². The quantitative estimate of drug-likeness (QED) is 0.749. The zero-order chi connectivity index (χ0) is 19.3. The monoisotopic (exact) mass is 392 g/mol. The van der Waals surface area contributed by atoms with Crippen molar-refractivity contribution in [2.75, 3.05) is 20.6 Å².